The van der Waals surface area contributed by atoms with E-state index in [-0.39, 0.29) is 12.0 Å². The molecule has 0 heterocycles. The molecule has 4 aliphatic rings. The molecule has 0 bridgehead atoms. The summed E-state index contributed by atoms with van der Waals surface area (Å²) in [5.74, 6) is 3.81. The molecule has 4 aliphatic carbocycles. The largest absolute Gasteiger partial charge is 0.393 e. The van der Waals surface area contributed by atoms with Gasteiger partial charge in [0.1, 0.15) is 0 Å². The lowest BCUT2D eigenvalue weighted by Crippen LogP contribution is -2.50. The van der Waals surface area contributed by atoms with Gasteiger partial charge in [0.25, 0.3) is 0 Å². The van der Waals surface area contributed by atoms with Crippen molar-refractivity contribution in [2.24, 2.45) is 46.3 Å². The third-order valence-corrected chi connectivity index (χ3v) is 11.2. The summed E-state index contributed by atoms with van der Waals surface area (Å²) in [6.45, 7) is 15.7. The van der Waals surface area contributed by atoms with Crippen molar-refractivity contribution in [1.29, 1.82) is 0 Å². The Balaban J connectivity index is 1.50. The third-order valence-electron chi connectivity index (χ3n) is 11.2. The highest BCUT2D eigenvalue weighted by Gasteiger charge is 2.58. The lowest BCUT2D eigenvalue weighted by Gasteiger charge is -2.57. The molecule has 2 unspecified atom stereocenters. The maximum absolute atomic E-state index is 11.0. The molecule has 2 N–H and O–H groups in total. The third kappa shape index (κ3) is 3.78. The van der Waals surface area contributed by atoms with Crippen LogP contribution < -0.4 is 0 Å². The Bertz CT molecular complexity index is 710. The Morgan fingerprint density at radius 3 is 2.45 bits per heavy atom. The molecule has 0 amide bonds. The fraction of sp³-hybridized carbons (Fsp3) is 0.862. The first kappa shape index (κ1) is 23.6. The molecule has 0 saturated heterocycles. The van der Waals surface area contributed by atoms with Crippen molar-refractivity contribution in [3.05, 3.63) is 24.3 Å². The molecule has 9 atom stereocenters. The van der Waals surface area contributed by atoms with Crippen molar-refractivity contribution in [1.82, 2.24) is 0 Å². The van der Waals surface area contributed by atoms with Crippen molar-refractivity contribution in [3.63, 3.8) is 0 Å². The van der Waals surface area contributed by atoms with Gasteiger partial charge in [-0.2, -0.15) is 0 Å². The number of hydrogen-bond acceptors (Lipinski definition) is 2. The summed E-state index contributed by atoms with van der Waals surface area (Å²) in [7, 11) is 0. The van der Waals surface area contributed by atoms with Gasteiger partial charge >= 0.3 is 0 Å². The Hall–Kier alpha value is -0.600. The maximum Gasteiger partial charge on any atom is 0.0847 e. The summed E-state index contributed by atoms with van der Waals surface area (Å²) in [6.07, 6.45) is 16.1. The molecular weight excluding hydrogens is 380 g/mol. The van der Waals surface area contributed by atoms with Gasteiger partial charge in [-0.3, -0.25) is 0 Å². The van der Waals surface area contributed by atoms with Crippen LogP contribution in [0.25, 0.3) is 0 Å². The van der Waals surface area contributed by atoms with Crippen LogP contribution in [-0.2, 0) is 0 Å². The second-order valence-electron chi connectivity index (χ2n) is 12.8. The fourth-order valence-electron chi connectivity index (χ4n) is 8.75. The van der Waals surface area contributed by atoms with E-state index in [1.807, 2.05) is 5.57 Å². The summed E-state index contributed by atoms with van der Waals surface area (Å²) >= 11 is 0. The van der Waals surface area contributed by atoms with E-state index in [2.05, 4.69) is 47.3 Å². The molecule has 0 aromatic carbocycles. The van der Waals surface area contributed by atoms with Gasteiger partial charge in [-0.25, -0.2) is 0 Å². The van der Waals surface area contributed by atoms with Crippen molar-refractivity contribution >= 4 is 0 Å². The Kier molecular flexibility index (Phi) is 6.32. The van der Waals surface area contributed by atoms with Crippen LogP contribution >= 0.6 is 0 Å². The van der Waals surface area contributed by atoms with Gasteiger partial charge in [-0.1, -0.05) is 52.3 Å². The molecule has 176 valence electrons. The summed E-state index contributed by atoms with van der Waals surface area (Å²) in [4.78, 5) is 0. The molecule has 0 aliphatic heterocycles. The van der Waals surface area contributed by atoms with Gasteiger partial charge in [-0.05, 0) is 111 Å². The molecule has 2 heteroatoms. The predicted molar refractivity (Wildman–Crippen MR) is 130 cm³/mol. The average molecular weight is 429 g/mol. The lowest BCUT2D eigenvalue weighted by atomic mass is 9.47. The molecular formula is C29H48O2. The number of aliphatic hydroxyl groups excluding tert-OH is 1. The minimum atomic E-state index is -0.730. The first-order valence-corrected chi connectivity index (χ1v) is 13.3. The number of rotatable bonds is 6. The second-order valence-corrected chi connectivity index (χ2v) is 12.8. The molecule has 4 rings (SSSR count). The Morgan fingerprint density at radius 2 is 1.77 bits per heavy atom. The van der Waals surface area contributed by atoms with Gasteiger partial charge in [-0.15, -0.1) is 6.58 Å². The van der Waals surface area contributed by atoms with Gasteiger partial charge in [0, 0.05) is 0 Å². The summed E-state index contributed by atoms with van der Waals surface area (Å²) < 4.78 is 0. The topological polar surface area (TPSA) is 40.5 Å². The van der Waals surface area contributed by atoms with Crippen molar-refractivity contribution in [3.8, 4) is 0 Å². The van der Waals surface area contributed by atoms with E-state index in [1.165, 1.54) is 38.5 Å². The Morgan fingerprint density at radius 1 is 1.10 bits per heavy atom. The molecule has 3 fully saturated rings. The molecule has 31 heavy (non-hydrogen) atoms. The van der Waals surface area contributed by atoms with Crippen LogP contribution in [0.4, 0.5) is 0 Å². The van der Waals surface area contributed by atoms with Crippen molar-refractivity contribution in [2.45, 2.75) is 111 Å². The highest BCUT2D eigenvalue weighted by atomic mass is 16.3. The molecule has 0 aromatic heterocycles. The van der Waals surface area contributed by atoms with E-state index in [0.29, 0.717) is 22.7 Å². The summed E-state index contributed by atoms with van der Waals surface area (Å²) in [5, 5.41) is 21.2. The fourth-order valence-corrected chi connectivity index (χ4v) is 8.75. The van der Waals surface area contributed by atoms with Crippen LogP contribution in [0, 0.1) is 46.3 Å². The van der Waals surface area contributed by atoms with Gasteiger partial charge < -0.3 is 10.2 Å². The van der Waals surface area contributed by atoms with Crippen molar-refractivity contribution in [2.75, 3.05) is 0 Å². The summed E-state index contributed by atoms with van der Waals surface area (Å²) in [5.41, 5.74) is 1.91. The summed E-state index contributed by atoms with van der Waals surface area (Å²) in [6, 6.07) is 0. The first-order chi connectivity index (χ1) is 14.5. The van der Waals surface area contributed by atoms with Crippen LogP contribution in [0.3, 0.4) is 0 Å². The highest BCUT2D eigenvalue weighted by Crippen LogP contribution is 2.67. The van der Waals surface area contributed by atoms with E-state index in [4.69, 9.17) is 0 Å². The van der Waals surface area contributed by atoms with E-state index in [1.54, 1.807) is 6.08 Å². The van der Waals surface area contributed by atoms with Crippen LogP contribution in [0.2, 0.25) is 0 Å². The van der Waals surface area contributed by atoms with E-state index < -0.39 is 5.60 Å². The van der Waals surface area contributed by atoms with Crippen LogP contribution in [-0.4, -0.2) is 21.9 Å². The molecule has 2 nitrogen and oxygen atoms in total. The highest BCUT2D eigenvalue weighted by molar-refractivity contribution is 5.27. The minimum absolute atomic E-state index is 0.0707. The van der Waals surface area contributed by atoms with Crippen LogP contribution in [0.1, 0.15) is 98.8 Å². The van der Waals surface area contributed by atoms with Crippen LogP contribution in [0.5, 0.6) is 0 Å². The number of allylic oxidation sites excluding steroid dienone is 2. The lowest BCUT2D eigenvalue weighted by molar-refractivity contribution is -0.0436. The molecule has 0 radical (unpaired) electrons. The Labute approximate surface area is 191 Å². The number of aliphatic hydroxyl groups is 2. The zero-order chi connectivity index (χ0) is 22.6. The number of hydrogen-bond donors (Lipinski definition) is 2. The molecule has 3 saturated carbocycles. The van der Waals surface area contributed by atoms with E-state index in [0.717, 1.165) is 43.4 Å². The second kappa shape index (κ2) is 8.32. The average Bonchev–Trinajstić information content (AvgIpc) is 3.09. The van der Waals surface area contributed by atoms with Crippen molar-refractivity contribution < 1.29 is 10.2 Å². The standard InChI is InChI=1S/C29H48O2/c1-7-29(31,19(2)3)17-12-20(4)24-10-11-25-23-9-8-21-18-22(30)13-15-27(21,5)26(23)14-16-28(24,25)6/h7,9,19-22,24-26,30-31H,1,8,10-18H2,2-6H3/t20-,21?,22?,24-,25+,26+,27+,28-,29+/m1/s1. The van der Waals surface area contributed by atoms with E-state index >= 15 is 0 Å². The predicted octanol–water partition coefficient (Wildman–Crippen LogP) is 6.92. The zero-order valence-corrected chi connectivity index (χ0v) is 20.9. The van der Waals surface area contributed by atoms with Gasteiger partial charge in [0.05, 0.1) is 11.7 Å². The van der Waals surface area contributed by atoms with Crippen LogP contribution in [0.15, 0.2) is 24.3 Å². The smallest absolute Gasteiger partial charge is 0.0847 e. The first-order valence-electron chi connectivity index (χ1n) is 13.3. The molecule has 0 aromatic rings. The van der Waals surface area contributed by atoms with E-state index in [9.17, 15) is 10.2 Å². The molecule has 0 spiro atoms. The van der Waals surface area contributed by atoms with Gasteiger partial charge in [0.2, 0.25) is 0 Å². The SMILES string of the molecule is C=C[C@](O)(CC[C@@H](C)[C@H]1CC[C@H]2C3=CCC4CC(O)CC[C@]4(C)[C@H]3CC[C@]12C)C(C)C. The maximum atomic E-state index is 11.0. The minimum Gasteiger partial charge on any atom is -0.393 e. The normalized spacial score (nSPS) is 45.2. The zero-order valence-electron chi connectivity index (χ0n) is 20.9. The quantitative estimate of drug-likeness (QED) is 0.451. The van der Waals surface area contributed by atoms with Gasteiger partial charge in [0.15, 0.2) is 0 Å². The monoisotopic (exact) mass is 428 g/mol. The number of fused-ring (bicyclic) bond motifs is 5.